The summed E-state index contributed by atoms with van der Waals surface area (Å²) in [7, 11) is 3.45. The third-order valence-corrected chi connectivity index (χ3v) is 4.86. The van der Waals surface area contributed by atoms with Crippen molar-refractivity contribution >= 4 is 35.8 Å². The molecule has 0 aliphatic carbocycles. The molecule has 2 heterocycles. The van der Waals surface area contributed by atoms with Gasteiger partial charge in [-0.3, -0.25) is 4.79 Å². The van der Waals surface area contributed by atoms with Crippen molar-refractivity contribution in [2.75, 3.05) is 40.4 Å². The van der Waals surface area contributed by atoms with Gasteiger partial charge in [-0.15, -0.1) is 24.0 Å². The van der Waals surface area contributed by atoms with E-state index in [9.17, 15) is 4.79 Å². The van der Waals surface area contributed by atoms with Crippen LogP contribution in [0.1, 0.15) is 50.5 Å². The number of ether oxygens (including phenoxy) is 1. The van der Waals surface area contributed by atoms with E-state index in [1.165, 1.54) is 4.90 Å². The van der Waals surface area contributed by atoms with Gasteiger partial charge in [-0.25, -0.2) is 4.99 Å². The molecule has 1 amide bonds. The highest BCUT2D eigenvalue weighted by molar-refractivity contribution is 14.0. The van der Waals surface area contributed by atoms with Crippen molar-refractivity contribution in [3.8, 4) is 0 Å². The Morgan fingerprint density at radius 3 is 2.71 bits per heavy atom. The van der Waals surface area contributed by atoms with Crippen LogP contribution in [0.2, 0.25) is 0 Å². The first-order chi connectivity index (χ1) is 13.0. The highest BCUT2D eigenvalue weighted by atomic mass is 127. The molecule has 1 saturated heterocycles. The fraction of sp³-hybridized carbons (Fsp3) is 0.737. The molecule has 1 fully saturated rings. The van der Waals surface area contributed by atoms with Crippen LogP contribution >= 0.6 is 24.0 Å². The number of guanidine groups is 1. The van der Waals surface area contributed by atoms with Crippen LogP contribution in [-0.4, -0.2) is 62.3 Å². The molecule has 1 atom stereocenters. The zero-order valence-electron chi connectivity index (χ0n) is 17.4. The van der Waals surface area contributed by atoms with Crippen LogP contribution in [-0.2, 0) is 16.1 Å². The smallest absolute Gasteiger partial charge is 0.243 e. The molecule has 2 rings (SSSR count). The van der Waals surface area contributed by atoms with Crippen molar-refractivity contribution in [1.29, 1.82) is 0 Å². The Bertz CT molecular complexity index is 610. The predicted octanol–water partition coefficient (Wildman–Crippen LogP) is 2.36. The number of hydrogen-bond donors (Lipinski definition) is 2. The first-order valence-corrected chi connectivity index (χ1v) is 9.79. The van der Waals surface area contributed by atoms with Gasteiger partial charge in [0.1, 0.15) is 6.54 Å². The minimum Gasteiger partial charge on any atom is -0.381 e. The molecule has 1 aliphatic heterocycles. The van der Waals surface area contributed by atoms with Gasteiger partial charge < -0.3 is 24.8 Å². The van der Waals surface area contributed by atoms with E-state index in [2.05, 4.69) is 34.6 Å². The van der Waals surface area contributed by atoms with Gasteiger partial charge in [0.2, 0.25) is 5.91 Å². The maximum Gasteiger partial charge on any atom is 0.243 e. The Kier molecular flexibility index (Phi) is 11.4. The third kappa shape index (κ3) is 7.94. The number of aliphatic imine (C=N–C) groups is 1. The monoisotopic (exact) mass is 507 g/mol. The second-order valence-electron chi connectivity index (χ2n) is 7.15. The number of nitrogens with zero attached hydrogens (tertiary/aromatic N) is 3. The number of hydrogen-bond acceptors (Lipinski definition) is 5. The molecule has 9 heteroatoms. The van der Waals surface area contributed by atoms with Crippen molar-refractivity contribution in [2.24, 2.45) is 10.9 Å². The summed E-state index contributed by atoms with van der Waals surface area (Å²) in [6, 6.07) is 2.00. The number of likely N-dealkylation sites (N-methyl/N-ethyl adjacent to an activating group) is 1. The number of rotatable bonds is 9. The van der Waals surface area contributed by atoms with Crippen molar-refractivity contribution in [2.45, 2.75) is 45.6 Å². The summed E-state index contributed by atoms with van der Waals surface area (Å²) in [5, 5.41) is 10.7. The minimum atomic E-state index is -0.0454. The molecule has 1 unspecified atom stereocenters. The molecule has 8 nitrogen and oxygen atoms in total. The third-order valence-electron chi connectivity index (χ3n) is 4.86. The SMILES string of the molecule is CCC(CC)c1cc(CNC(=NCC(=O)N(C)C)NCC2CCOC2)on1.I. The van der Waals surface area contributed by atoms with E-state index in [0.29, 0.717) is 24.3 Å². The van der Waals surface area contributed by atoms with Crippen LogP contribution in [0.25, 0.3) is 0 Å². The van der Waals surface area contributed by atoms with E-state index in [4.69, 9.17) is 9.26 Å². The number of halogens is 1. The molecule has 1 aromatic rings. The largest absolute Gasteiger partial charge is 0.381 e. The average Bonchev–Trinajstić information content (AvgIpc) is 3.34. The predicted molar refractivity (Wildman–Crippen MR) is 120 cm³/mol. The van der Waals surface area contributed by atoms with Crippen LogP contribution in [0, 0.1) is 5.92 Å². The van der Waals surface area contributed by atoms with Gasteiger partial charge in [0.25, 0.3) is 0 Å². The van der Waals surface area contributed by atoms with Gasteiger partial charge in [0.05, 0.1) is 18.8 Å². The van der Waals surface area contributed by atoms with Crippen LogP contribution in [0.15, 0.2) is 15.6 Å². The lowest BCUT2D eigenvalue weighted by molar-refractivity contribution is -0.127. The van der Waals surface area contributed by atoms with E-state index in [0.717, 1.165) is 50.5 Å². The summed E-state index contributed by atoms with van der Waals surface area (Å²) in [6.07, 6.45) is 3.12. The summed E-state index contributed by atoms with van der Waals surface area (Å²) in [5.41, 5.74) is 0.995. The van der Waals surface area contributed by atoms with Crippen LogP contribution in [0.4, 0.5) is 0 Å². The lowest BCUT2D eigenvalue weighted by Crippen LogP contribution is -2.40. The van der Waals surface area contributed by atoms with Crippen LogP contribution < -0.4 is 10.6 Å². The quantitative estimate of drug-likeness (QED) is 0.303. The zero-order valence-corrected chi connectivity index (χ0v) is 19.7. The summed E-state index contributed by atoms with van der Waals surface area (Å²) in [5.74, 6) is 2.20. The molecule has 1 aliphatic rings. The van der Waals surface area contributed by atoms with Crippen molar-refractivity contribution in [1.82, 2.24) is 20.7 Å². The standard InChI is InChI=1S/C19H33N5O3.HI/c1-5-15(6-2)17-9-16(27-23-17)11-21-19(22-12-18(25)24(3)4)20-10-14-7-8-26-13-14;/h9,14-15H,5-8,10-13H2,1-4H3,(H2,20,21,22);1H. The van der Waals surface area contributed by atoms with Gasteiger partial charge in [-0.1, -0.05) is 19.0 Å². The molecule has 0 radical (unpaired) electrons. The maximum absolute atomic E-state index is 11.8. The maximum atomic E-state index is 11.8. The van der Waals surface area contributed by atoms with E-state index < -0.39 is 0 Å². The molecular formula is C19H34IN5O3. The summed E-state index contributed by atoms with van der Waals surface area (Å²) in [6.45, 7) is 7.21. The first kappa shape index (κ1) is 24.7. The Balaban J connectivity index is 0.00000392. The van der Waals surface area contributed by atoms with Gasteiger partial charge in [0.15, 0.2) is 11.7 Å². The normalized spacial score (nSPS) is 16.8. The molecule has 0 aromatic carbocycles. The van der Waals surface area contributed by atoms with Gasteiger partial charge in [-0.2, -0.15) is 0 Å². The van der Waals surface area contributed by atoms with Crippen molar-refractivity contribution < 1.29 is 14.1 Å². The minimum absolute atomic E-state index is 0. The number of carbonyl (C=O) groups excluding carboxylic acids is 1. The molecular weight excluding hydrogens is 473 g/mol. The summed E-state index contributed by atoms with van der Waals surface area (Å²) in [4.78, 5) is 17.8. The Morgan fingerprint density at radius 1 is 1.36 bits per heavy atom. The Hall–Kier alpha value is -1.36. The van der Waals surface area contributed by atoms with Gasteiger partial charge >= 0.3 is 0 Å². The van der Waals surface area contributed by atoms with Gasteiger partial charge in [0, 0.05) is 45.1 Å². The molecule has 0 bridgehead atoms. The summed E-state index contributed by atoms with van der Waals surface area (Å²) < 4.78 is 10.9. The topological polar surface area (TPSA) is 92.0 Å². The fourth-order valence-electron chi connectivity index (χ4n) is 2.93. The fourth-order valence-corrected chi connectivity index (χ4v) is 2.93. The average molecular weight is 507 g/mol. The van der Waals surface area contributed by atoms with E-state index in [1.807, 2.05) is 6.07 Å². The van der Waals surface area contributed by atoms with Crippen molar-refractivity contribution in [3.05, 3.63) is 17.5 Å². The molecule has 2 N–H and O–H groups in total. The zero-order chi connectivity index (χ0) is 19.6. The van der Waals surface area contributed by atoms with Crippen LogP contribution in [0.3, 0.4) is 0 Å². The molecule has 0 saturated carbocycles. The lowest BCUT2D eigenvalue weighted by atomic mass is 9.99. The van der Waals surface area contributed by atoms with Gasteiger partial charge in [-0.05, 0) is 19.3 Å². The van der Waals surface area contributed by atoms with E-state index in [1.54, 1.807) is 14.1 Å². The number of aromatic nitrogens is 1. The highest BCUT2D eigenvalue weighted by Crippen LogP contribution is 2.22. The Morgan fingerprint density at radius 2 is 2.11 bits per heavy atom. The summed E-state index contributed by atoms with van der Waals surface area (Å²) >= 11 is 0. The molecule has 28 heavy (non-hydrogen) atoms. The second-order valence-corrected chi connectivity index (χ2v) is 7.15. The molecule has 0 spiro atoms. The van der Waals surface area contributed by atoms with Crippen LogP contribution in [0.5, 0.6) is 0 Å². The molecule has 160 valence electrons. The first-order valence-electron chi connectivity index (χ1n) is 9.79. The van der Waals surface area contributed by atoms with E-state index in [-0.39, 0.29) is 36.4 Å². The number of carbonyl (C=O) groups is 1. The Labute approximate surface area is 184 Å². The van der Waals surface area contributed by atoms with E-state index >= 15 is 0 Å². The number of nitrogens with one attached hydrogen (secondary N) is 2. The highest BCUT2D eigenvalue weighted by Gasteiger charge is 2.17. The molecule has 1 aromatic heterocycles. The number of amides is 1. The lowest BCUT2D eigenvalue weighted by Gasteiger charge is -2.15. The second kappa shape index (κ2) is 13.0. The van der Waals surface area contributed by atoms with Crippen molar-refractivity contribution in [3.63, 3.8) is 0 Å².